The van der Waals surface area contributed by atoms with Crippen LogP contribution in [0.2, 0.25) is 0 Å². The molecule has 0 aromatic heterocycles. The molecule has 5 nitrogen and oxygen atoms in total. The van der Waals surface area contributed by atoms with Crippen molar-refractivity contribution in [2.45, 2.75) is 31.4 Å². The molecule has 1 aliphatic heterocycles. The number of fused-ring (bicyclic) bond motifs is 3. The van der Waals surface area contributed by atoms with Crippen LogP contribution < -0.4 is 10.7 Å². The largest absolute Gasteiger partial charge is 0.378 e. The average molecular weight is 470 g/mol. The molecule has 5 rings (SSSR count). The van der Waals surface area contributed by atoms with Gasteiger partial charge in [-0.1, -0.05) is 60.7 Å². The summed E-state index contributed by atoms with van der Waals surface area (Å²) in [7, 11) is 1.51. The van der Waals surface area contributed by atoms with Crippen LogP contribution in [0.3, 0.4) is 0 Å². The lowest BCUT2D eigenvalue weighted by molar-refractivity contribution is -0.131. The van der Waals surface area contributed by atoms with E-state index in [1.165, 1.54) is 24.8 Å². The van der Waals surface area contributed by atoms with Crippen LogP contribution in [0.15, 0.2) is 90.0 Å². The first-order valence-electron chi connectivity index (χ1n) is 11.8. The lowest BCUT2D eigenvalue weighted by atomic mass is 9.76. The van der Waals surface area contributed by atoms with Crippen LogP contribution >= 0.6 is 0 Å². The summed E-state index contributed by atoms with van der Waals surface area (Å²) in [4.78, 5) is 12.7. The molecule has 0 unspecified atom stereocenters. The molecular formula is C29H28FN3O2. The number of carbonyl (C=O) groups excluding carboxylic acids is 1. The smallest absolute Gasteiger partial charge is 0.273 e. The molecule has 0 saturated carbocycles. The van der Waals surface area contributed by atoms with Crippen molar-refractivity contribution >= 4 is 17.3 Å². The van der Waals surface area contributed by atoms with Crippen LogP contribution in [0.1, 0.15) is 53.7 Å². The Balaban J connectivity index is 1.36. The maximum atomic E-state index is 13.5. The minimum absolute atomic E-state index is 0.118. The number of anilines is 1. The Morgan fingerprint density at radius 2 is 1.89 bits per heavy atom. The topological polar surface area (TPSA) is 62.7 Å². The van der Waals surface area contributed by atoms with Crippen molar-refractivity contribution in [2.24, 2.45) is 11.0 Å². The number of carbonyl (C=O) groups is 1. The summed E-state index contributed by atoms with van der Waals surface area (Å²) >= 11 is 0. The van der Waals surface area contributed by atoms with E-state index in [0.29, 0.717) is 11.6 Å². The molecule has 0 radical (unpaired) electrons. The molecule has 1 amide bonds. The summed E-state index contributed by atoms with van der Waals surface area (Å²) in [6.45, 7) is 1.88. The maximum absolute atomic E-state index is 13.5. The van der Waals surface area contributed by atoms with Gasteiger partial charge in [0.15, 0.2) is 6.10 Å². The molecule has 3 aromatic rings. The number of ether oxygens (including phenoxy) is 1. The minimum atomic E-state index is -0.728. The van der Waals surface area contributed by atoms with Crippen LogP contribution in [0, 0.1) is 11.7 Å². The average Bonchev–Trinajstić information content (AvgIpc) is 3.39. The van der Waals surface area contributed by atoms with Gasteiger partial charge in [0.05, 0.1) is 11.8 Å². The number of amides is 1. The van der Waals surface area contributed by atoms with Crippen LogP contribution in [0.5, 0.6) is 0 Å². The Kier molecular flexibility index (Phi) is 6.47. The predicted molar refractivity (Wildman–Crippen MR) is 136 cm³/mol. The molecule has 1 aliphatic carbocycles. The van der Waals surface area contributed by atoms with Crippen molar-refractivity contribution in [1.29, 1.82) is 0 Å². The summed E-state index contributed by atoms with van der Waals surface area (Å²) in [5, 5.41) is 8.03. The minimum Gasteiger partial charge on any atom is -0.378 e. The third-order valence-electron chi connectivity index (χ3n) is 6.92. The Morgan fingerprint density at radius 3 is 2.63 bits per heavy atom. The second kappa shape index (κ2) is 9.84. The lowest BCUT2D eigenvalue weighted by Gasteiger charge is -2.37. The molecule has 1 heterocycles. The van der Waals surface area contributed by atoms with E-state index < -0.39 is 6.10 Å². The van der Waals surface area contributed by atoms with Gasteiger partial charge in [0.25, 0.3) is 5.91 Å². The van der Waals surface area contributed by atoms with E-state index in [1.54, 1.807) is 0 Å². The molecule has 0 fully saturated rings. The number of rotatable bonds is 6. The van der Waals surface area contributed by atoms with Gasteiger partial charge in [-0.05, 0) is 65.8 Å². The van der Waals surface area contributed by atoms with E-state index in [2.05, 4.69) is 40.1 Å². The Hall–Kier alpha value is -3.77. The maximum Gasteiger partial charge on any atom is 0.273 e. The molecule has 3 aromatic carbocycles. The zero-order chi connectivity index (χ0) is 24.4. The van der Waals surface area contributed by atoms with E-state index >= 15 is 0 Å². The third-order valence-corrected chi connectivity index (χ3v) is 6.92. The van der Waals surface area contributed by atoms with Gasteiger partial charge >= 0.3 is 0 Å². The van der Waals surface area contributed by atoms with E-state index in [4.69, 9.17) is 4.74 Å². The van der Waals surface area contributed by atoms with Gasteiger partial charge in [-0.15, -0.1) is 0 Å². The molecule has 6 heteroatoms. The first kappa shape index (κ1) is 23.0. The van der Waals surface area contributed by atoms with Crippen LogP contribution in [0.25, 0.3) is 0 Å². The van der Waals surface area contributed by atoms with Crippen molar-refractivity contribution in [3.05, 3.63) is 113 Å². The summed E-state index contributed by atoms with van der Waals surface area (Å²) in [5.41, 5.74) is 8.44. The molecule has 2 N–H and O–H groups in total. The van der Waals surface area contributed by atoms with Crippen molar-refractivity contribution in [2.75, 3.05) is 12.4 Å². The van der Waals surface area contributed by atoms with Gasteiger partial charge in [-0.25, -0.2) is 9.82 Å². The lowest BCUT2D eigenvalue weighted by Crippen LogP contribution is -2.29. The highest BCUT2D eigenvalue weighted by atomic mass is 19.1. The Labute approximate surface area is 204 Å². The van der Waals surface area contributed by atoms with Gasteiger partial charge in [-0.3, -0.25) is 4.79 Å². The zero-order valence-corrected chi connectivity index (χ0v) is 19.7. The van der Waals surface area contributed by atoms with Crippen molar-refractivity contribution < 1.29 is 13.9 Å². The number of halogens is 1. The molecule has 0 bridgehead atoms. The quantitative estimate of drug-likeness (QED) is 0.269. The summed E-state index contributed by atoms with van der Waals surface area (Å²) < 4.78 is 18.9. The number of allylic oxidation sites excluding steroid dienone is 2. The zero-order valence-electron chi connectivity index (χ0n) is 19.7. The number of benzene rings is 3. The van der Waals surface area contributed by atoms with Crippen molar-refractivity contribution in [3.8, 4) is 0 Å². The standard InChI is InChI=1S/C29H28FN3O2/c1-18(32-33-29(34)28(35-2)20-7-4-3-5-8-20)21-13-16-26-25(17-21)23-9-6-10-24(23)27(31-26)19-11-14-22(30)15-12-19/h3-9,11-17,23-24,27-28,31H,10H2,1-2H3,(H,33,34)/b32-18-/t23-,24+,27+,28+/m1/s1. The van der Waals surface area contributed by atoms with Gasteiger partial charge in [0.1, 0.15) is 5.82 Å². The van der Waals surface area contributed by atoms with Gasteiger partial charge in [0, 0.05) is 18.7 Å². The molecule has 0 spiro atoms. The monoisotopic (exact) mass is 469 g/mol. The van der Waals surface area contributed by atoms with Crippen molar-refractivity contribution in [1.82, 2.24) is 5.43 Å². The second-order valence-corrected chi connectivity index (χ2v) is 9.03. The van der Waals surface area contributed by atoms with E-state index in [1.807, 2.05) is 55.5 Å². The third kappa shape index (κ3) is 4.62. The predicted octanol–water partition coefficient (Wildman–Crippen LogP) is 5.88. The number of nitrogens with one attached hydrogen (secondary N) is 2. The number of nitrogens with zero attached hydrogens (tertiary/aromatic N) is 1. The molecular weight excluding hydrogens is 441 g/mol. The first-order chi connectivity index (χ1) is 17.0. The van der Waals surface area contributed by atoms with Crippen LogP contribution in [-0.2, 0) is 9.53 Å². The number of hydrazone groups is 1. The highest BCUT2D eigenvalue weighted by molar-refractivity contribution is 6.00. The van der Waals surface area contributed by atoms with Crippen LogP contribution in [0.4, 0.5) is 10.1 Å². The fourth-order valence-corrected chi connectivity index (χ4v) is 5.10. The van der Waals surface area contributed by atoms with E-state index in [-0.39, 0.29) is 23.7 Å². The summed E-state index contributed by atoms with van der Waals surface area (Å²) in [6, 6.07) is 22.4. The fourth-order valence-electron chi connectivity index (χ4n) is 5.10. The number of methoxy groups -OCH3 is 1. The summed E-state index contributed by atoms with van der Waals surface area (Å²) in [6.07, 6.45) is 4.73. The van der Waals surface area contributed by atoms with E-state index in [0.717, 1.165) is 28.8 Å². The van der Waals surface area contributed by atoms with Gasteiger partial charge < -0.3 is 10.1 Å². The molecule has 178 valence electrons. The fraction of sp³-hybridized carbons (Fsp3) is 0.241. The van der Waals surface area contributed by atoms with Gasteiger partial charge in [-0.2, -0.15) is 5.10 Å². The molecule has 0 saturated heterocycles. The Morgan fingerprint density at radius 1 is 1.11 bits per heavy atom. The Bertz CT molecular complexity index is 1270. The molecule has 35 heavy (non-hydrogen) atoms. The van der Waals surface area contributed by atoms with Crippen LogP contribution in [-0.4, -0.2) is 18.7 Å². The normalized spacial score (nSPS) is 21.6. The number of hydrogen-bond acceptors (Lipinski definition) is 4. The highest BCUT2D eigenvalue weighted by Gasteiger charge is 2.38. The highest BCUT2D eigenvalue weighted by Crippen LogP contribution is 2.49. The van der Waals surface area contributed by atoms with E-state index in [9.17, 15) is 9.18 Å². The SMILES string of the molecule is CO[C@H](C(=O)N/N=C(/C)c1ccc2c(c1)[C@@H]1C=CC[C@@H]1[C@H](c1ccc(F)cc1)N2)c1ccccc1. The second-order valence-electron chi connectivity index (χ2n) is 9.03. The molecule has 4 atom stereocenters. The number of hydrogen-bond donors (Lipinski definition) is 2. The van der Waals surface area contributed by atoms with Gasteiger partial charge in [0.2, 0.25) is 0 Å². The van der Waals surface area contributed by atoms with Crippen molar-refractivity contribution in [3.63, 3.8) is 0 Å². The first-order valence-corrected chi connectivity index (χ1v) is 11.8. The summed E-state index contributed by atoms with van der Waals surface area (Å²) in [5.74, 6) is 0.0739. The molecule has 2 aliphatic rings.